The number of nitrogens with one attached hydrogen (secondary N) is 1. The molecule has 0 amide bonds. The molecule has 1 aliphatic heterocycles. The number of hydrogen-bond acceptors (Lipinski definition) is 7. The third-order valence-electron chi connectivity index (χ3n) is 4.32. The Kier molecular flexibility index (Phi) is 6.90. The lowest BCUT2D eigenvalue weighted by molar-refractivity contribution is 0.324. The van der Waals surface area contributed by atoms with Crippen molar-refractivity contribution in [1.82, 2.24) is 15.5 Å². The van der Waals surface area contributed by atoms with Gasteiger partial charge in [0.1, 0.15) is 0 Å². The van der Waals surface area contributed by atoms with Crippen molar-refractivity contribution in [3.8, 4) is 28.6 Å². The van der Waals surface area contributed by atoms with Gasteiger partial charge in [0.05, 0.1) is 21.3 Å². The summed E-state index contributed by atoms with van der Waals surface area (Å²) in [6.07, 6.45) is 3.07. The highest BCUT2D eigenvalue weighted by Crippen LogP contribution is 2.40. The average molecular weight is 370 g/mol. The SMILES string of the molecule is COc1cc(-c2noc(CCC3CCNC3)n2)cc(OC)c1OC.Cl. The van der Waals surface area contributed by atoms with Gasteiger partial charge >= 0.3 is 0 Å². The first-order valence-corrected chi connectivity index (χ1v) is 8.08. The Morgan fingerprint density at radius 3 is 2.44 bits per heavy atom. The quantitative estimate of drug-likeness (QED) is 0.803. The molecular formula is C17H24ClN3O4. The van der Waals surface area contributed by atoms with Crippen LogP contribution in [0.25, 0.3) is 11.4 Å². The summed E-state index contributed by atoms with van der Waals surface area (Å²) in [7, 11) is 4.74. The number of aromatic nitrogens is 2. The van der Waals surface area contributed by atoms with Crippen LogP contribution < -0.4 is 19.5 Å². The number of nitrogens with zero attached hydrogens (tertiary/aromatic N) is 2. The minimum absolute atomic E-state index is 0. The molecule has 0 aliphatic carbocycles. The molecule has 0 spiro atoms. The second-order valence-electron chi connectivity index (χ2n) is 5.82. The average Bonchev–Trinajstić information content (AvgIpc) is 3.30. The summed E-state index contributed by atoms with van der Waals surface area (Å²) >= 11 is 0. The molecule has 0 bridgehead atoms. The lowest BCUT2D eigenvalue weighted by atomic mass is 10.0. The summed E-state index contributed by atoms with van der Waals surface area (Å²) in [5.41, 5.74) is 0.766. The zero-order valence-electron chi connectivity index (χ0n) is 14.7. The summed E-state index contributed by atoms with van der Waals surface area (Å²) < 4.78 is 21.4. The normalized spacial score (nSPS) is 16.4. The standard InChI is InChI=1S/C17H23N3O4.ClH/c1-21-13-8-12(9-14(22-2)16(13)23-3)17-19-15(24-20-17)5-4-11-6-7-18-10-11;/h8-9,11,18H,4-7,10H2,1-3H3;1H. The van der Waals surface area contributed by atoms with Crippen molar-refractivity contribution in [2.75, 3.05) is 34.4 Å². The van der Waals surface area contributed by atoms with Gasteiger partial charge in [0.2, 0.25) is 17.5 Å². The number of methoxy groups -OCH3 is 3. The molecule has 3 rings (SSSR count). The fourth-order valence-corrected chi connectivity index (χ4v) is 2.97. The van der Waals surface area contributed by atoms with E-state index in [-0.39, 0.29) is 12.4 Å². The highest BCUT2D eigenvalue weighted by molar-refractivity contribution is 5.85. The van der Waals surface area contributed by atoms with E-state index in [1.165, 1.54) is 6.42 Å². The van der Waals surface area contributed by atoms with Gasteiger partial charge in [0.25, 0.3) is 0 Å². The van der Waals surface area contributed by atoms with E-state index in [1.54, 1.807) is 21.3 Å². The van der Waals surface area contributed by atoms with Gasteiger partial charge in [0.15, 0.2) is 11.5 Å². The van der Waals surface area contributed by atoms with Crippen LogP contribution in [0.2, 0.25) is 0 Å². The van der Waals surface area contributed by atoms with E-state index in [0.29, 0.717) is 34.9 Å². The van der Waals surface area contributed by atoms with Crippen LogP contribution in [-0.4, -0.2) is 44.6 Å². The number of rotatable bonds is 7. The zero-order valence-corrected chi connectivity index (χ0v) is 15.5. The predicted molar refractivity (Wildman–Crippen MR) is 95.9 cm³/mol. The molecule has 7 nitrogen and oxygen atoms in total. The van der Waals surface area contributed by atoms with E-state index in [0.717, 1.165) is 31.5 Å². The second kappa shape index (κ2) is 8.92. The molecule has 1 fully saturated rings. The predicted octanol–water partition coefficient (Wildman–Crippen LogP) is 2.73. The van der Waals surface area contributed by atoms with Gasteiger partial charge in [-0.05, 0) is 44.0 Å². The minimum Gasteiger partial charge on any atom is -0.493 e. The Hall–Kier alpha value is -1.99. The van der Waals surface area contributed by atoms with Gasteiger partial charge in [-0.1, -0.05) is 5.16 Å². The zero-order chi connectivity index (χ0) is 16.9. The van der Waals surface area contributed by atoms with Crippen molar-refractivity contribution >= 4 is 12.4 Å². The second-order valence-corrected chi connectivity index (χ2v) is 5.82. The summed E-state index contributed by atoms with van der Waals surface area (Å²) in [5.74, 6) is 3.55. The molecule has 0 saturated carbocycles. The molecule has 1 N–H and O–H groups in total. The molecule has 25 heavy (non-hydrogen) atoms. The largest absolute Gasteiger partial charge is 0.493 e. The van der Waals surface area contributed by atoms with Gasteiger partial charge in [-0.25, -0.2) is 0 Å². The fraction of sp³-hybridized carbons (Fsp3) is 0.529. The van der Waals surface area contributed by atoms with E-state index in [1.807, 2.05) is 12.1 Å². The van der Waals surface area contributed by atoms with E-state index in [4.69, 9.17) is 18.7 Å². The molecule has 138 valence electrons. The summed E-state index contributed by atoms with van der Waals surface area (Å²) in [6, 6.07) is 3.63. The maximum absolute atomic E-state index is 5.39. The Bertz CT molecular complexity index is 661. The van der Waals surface area contributed by atoms with Gasteiger partial charge in [-0.2, -0.15) is 4.98 Å². The van der Waals surface area contributed by atoms with Crippen molar-refractivity contribution in [2.45, 2.75) is 19.3 Å². The van der Waals surface area contributed by atoms with E-state index < -0.39 is 0 Å². The van der Waals surface area contributed by atoms with Crippen LogP contribution in [0.5, 0.6) is 17.2 Å². The van der Waals surface area contributed by atoms with Crippen LogP contribution in [0.1, 0.15) is 18.7 Å². The number of benzene rings is 1. The highest BCUT2D eigenvalue weighted by Gasteiger charge is 2.19. The molecule has 1 aliphatic rings. The van der Waals surface area contributed by atoms with Crippen molar-refractivity contribution < 1.29 is 18.7 Å². The van der Waals surface area contributed by atoms with E-state index >= 15 is 0 Å². The first-order valence-electron chi connectivity index (χ1n) is 8.08. The topological polar surface area (TPSA) is 78.6 Å². The van der Waals surface area contributed by atoms with Crippen LogP contribution >= 0.6 is 12.4 Å². The van der Waals surface area contributed by atoms with Crippen molar-refractivity contribution in [3.63, 3.8) is 0 Å². The number of halogens is 1. The van der Waals surface area contributed by atoms with E-state index in [2.05, 4.69) is 15.5 Å². The van der Waals surface area contributed by atoms with Gasteiger partial charge in [0, 0.05) is 12.0 Å². The Labute approximate surface area is 153 Å². The van der Waals surface area contributed by atoms with Crippen LogP contribution in [-0.2, 0) is 6.42 Å². The molecule has 1 aromatic carbocycles. The minimum atomic E-state index is 0. The molecule has 1 saturated heterocycles. The third-order valence-corrected chi connectivity index (χ3v) is 4.32. The number of aryl methyl sites for hydroxylation is 1. The Morgan fingerprint density at radius 1 is 1.16 bits per heavy atom. The monoisotopic (exact) mass is 369 g/mol. The molecule has 1 aromatic heterocycles. The lowest BCUT2D eigenvalue weighted by Gasteiger charge is -2.12. The summed E-state index contributed by atoms with van der Waals surface area (Å²) in [6.45, 7) is 2.18. The van der Waals surface area contributed by atoms with Gasteiger partial charge in [-0.3, -0.25) is 0 Å². The van der Waals surface area contributed by atoms with Crippen molar-refractivity contribution in [3.05, 3.63) is 18.0 Å². The third kappa shape index (κ3) is 4.35. The van der Waals surface area contributed by atoms with E-state index in [9.17, 15) is 0 Å². The van der Waals surface area contributed by atoms with Crippen molar-refractivity contribution in [1.29, 1.82) is 0 Å². The number of hydrogen-bond donors (Lipinski definition) is 1. The molecule has 8 heteroatoms. The molecule has 1 unspecified atom stereocenters. The lowest BCUT2D eigenvalue weighted by Crippen LogP contribution is -2.09. The fourth-order valence-electron chi connectivity index (χ4n) is 2.97. The van der Waals surface area contributed by atoms with Crippen LogP contribution in [0.3, 0.4) is 0 Å². The highest BCUT2D eigenvalue weighted by atomic mass is 35.5. The molecule has 0 radical (unpaired) electrons. The summed E-state index contributed by atoms with van der Waals surface area (Å²) in [5, 5.41) is 7.45. The first-order chi connectivity index (χ1) is 11.7. The summed E-state index contributed by atoms with van der Waals surface area (Å²) in [4.78, 5) is 4.50. The molecule has 2 aromatic rings. The van der Waals surface area contributed by atoms with Crippen molar-refractivity contribution in [2.24, 2.45) is 5.92 Å². The maximum atomic E-state index is 5.39. The van der Waals surface area contributed by atoms with Gasteiger partial charge < -0.3 is 24.1 Å². The van der Waals surface area contributed by atoms with Crippen LogP contribution in [0.4, 0.5) is 0 Å². The Balaban J connectivity index is 0.00000225. The molecule has 2 heterocycles. The molecular weight excluding hydrogens is 346 g/mol. The Morgan fingerprint density at radius 2 is 1.88 bits per heavy atom. The van der Waals surface area contributed by atoms with Crippen LogP contribution in [0, 0.1) is 5.92 Å². The molecule has 1 atom stereocenters. The first kappa shape index (κ1) is 19.3. The number of ether oxygens (including phenoxy) is 3. The maximum Gasteiger partial charge on any atom is 0.226 e. The van der Waals surface area contributed by atoms with Gasteiger partial charge in [-0.15, -0.1) is 12.4 Å². The van der Waals surface area contributed by atoms with Crippen LogP contribution in [0.15, 0.2) is 16.7 Å². The smallest absolute Gasteiger partial charge is 0.226 e.